The number of carboxylic acids is 2. The van der Waals surface area contributed by atoms with E-state index < -0.39 is 41.2 Å². The molecule has 0 radical (unpaired) electrons. The number of nitrogens with two attached hydrogens (primary N) is 1. The first-order valence-electron chi connectivity index (χ1n) is 6.80. The minimum Gasteiger partial charge on any atom is -0.479 e. The standard InChI is InChI=1S/C6H11NO5.C6H13NO3/c1-2-3-4(7(11)12)5(8)6(9)10;1-2-3-4(7)5(8)6(9)10/h4-5,8H,2-3H2,1H3,(H,9,10);4-5,8H,2-3,7H2,1H3,(H,9,10). The molecule has 0 heterocycles. The van der Waals surface area contributed by atoms with Crippen LogP contribution in [-0.2, 0) is 9.59 Å². The van der Waals surface area contributed by atoms with Crippen LogP contribution in [0.5, 0.6) is 0 Å². The quantitative estimate of drug-likeness (QED) is 0.274. The molecule has 4 atom stereocenters. The number of aliphatic hydroxyl groups is 2. The lowest BCUT2D eigenvalue weighted by Crippen LogP contribution is -2.40. The Morgan fingerprint density at radius 1 is 1.05 bits per heavy atom. The van der Waals surface area contributed by atoms with Gasteiger partial charge in [0.1, 0.15) is 0 Å². The van der Waals surface area contributed by atoms with Crippen LogP contribution < -0.4 is 5.73 Å². The fraction of sp³-hybridized carbons (Fsp3) is 0.833. The van der Waals surface area contributed by atoms with Gasteiger partial charge in [0.05, 0.1) is 0 Å². The predicted octanol–water partition coefficient (Wildman–Crippen LogP) is -0.563. The van der Waals surface area contributed by atoms with Crippen LogP contribution in [0, 0.1) is 10.1 Å². The Kier molecular flexibility index (Phi) is 12.1. The van der Waals surface area contributed by atoms with Crippen LogP contribution >= 0.6 is 0 Å². The highest BCUT2D eigenvalue weighted by Crippen LogP contribution is 2.06. The molecule has 0 aromatic rings. The monoisotopic (exact) mass is 324 g/mol. The van der Waals surface area contributed by atoms with Gasteiger partial charge in [-0.25, -0.2) is 9.59 Å². The summed E-state index contributed by atoms with van der Waals surface area (Å²) in [6.45, 7) is 3.57. The van der Waals surface area contributed by atoms with Crippen LogP contribution in [0.1, 0.15) is 39.5 Å². The Bertz CT molecular complexity index is 363. The summed E-state index contributed by atoms with van der Waals surface area (Å²) in [7, 11) is 0. The van der Waals surface area contributed by atoms with Gasteiger partial charge in [0.15, 0.2) is 6.10 Å². The van der Waals surface area contributed by atoms with Gasteiger partial charge in [-0.3, -0.25) is 10.1 Å². The van der Waals surface area contributed by atoms with Gasteiger partial charge in [-0.2, -0.15) is 0 Å². The molecule has 10 nitrogen and oxygen atoms in total. The molecule has 22 heavy (non-hydrogen) atoms. The molecule has 0 aliphatic heterocycles. The second-order valence-electron chi connectivity index (χ2n) is 4.66. The Morgan fingerprint density at radius 3 is 1.73 bits per heavy atom. The zero-order valence-corrected chi connectivity index (χ0v) is 12.6. The predicted molar refractivity (Wildman–Crippen MR) is 75.9 cm³/mol. The summed E-state index contributed by atoms with van der Waals surface area (Å²) in [6.07, 6.45) is -1.46. The zero-order chi connectivity index (χ0) is 17.9. The number of nitrogens with zero attached hydrogens (tertiary/aromatic N) is 1. The number of rotatable bonds is 9. The smallest absolute Gasteiger partial charge is 0.339 e. The Hall–Kier alpha value is -1.78. The van der Waals surface area contributed by atoms with Crippen molar-refractivity contribution in [3.8, 4) is 0 Å². The highest BCUT2D eigenvalue weighted by atomic mass is 16.6. The molecule has 0 aliphatic carbocycles. The summed E-state index contributed by atoms with van der Waals surface area (Å²) in [5.41, 5.74) is 5.30. The zero-order valence-electron chi connectivity index (χ0n) is 12.6. The minimum atomic E-state index is -1.90. The van der Waals surface area contributed by atoms with E-state index in [4.69, 9.17) is 26.2 Å². The lowest BCUT2D eigenvalue weighted by atomic mass is 10.1. The summed E-state index contributed by atoms with van der Waals surface area (Å²) in [4.78, 5) is 29.7. The van der Waals surface area contributed by atoms with Gasteiger partial charge in [0.2, 0.25) is 12.1 Å². The molecule has 0 aliphatic rings. The molecule has 0 aromatic heterocycles. The van der Waals surface area contributed by atoms with Crippen molar-refractivity contribution in [2.24, 2.45) is 5.73 Å². The molecule has 10 heteroatoms. The molecule has 0 saturated heterocycles. The third-order valence-electron chi connectivity index (χ3n) is 2.75. The van der Waals surface area contributed by atoms with E-state index >= 15 is 0 Å². The first-order chi connectivity index (χ1) is 10.1. The normalized spacial score (nSPS) is 15.7. The average Bonchev–Trinajstić information content (AvgIpc) is 2.43. The fourth-order valence-electron chi connectivity index (χ4n) is 1.51. The number of nitro groups is 1. The molecular formula is C12H24N2O8. The van der Waals surface area contributed by atoms with Crippen molar-refractivity contribution in [1.29, 1.82) is 0 Å². The van der Waals surface area contributed by atoms with E-state index in [-0.39, 0.29) is 6.42 Å². The molecule has 0 spiro atoms. The fourth-order valence-corrected chi connectivity index (χ4v) is 1.51. The van der Waals surface area contributed by atoms with E-state index in [9.17, 15) is 19.7 Å². The van der Waals surface area contributed by atoms with Crippen molar-refractivity contribution in [3.05, 3.63) is 10.1 Å². The van der Waals surface area contributed by atoms with Crippen LogP contribution in [0.3, 0.4) is 0 Å². The van der Waals surface area contributed by atoms with E-state index in [1.165, 1.54) is 0 Å². The third-order valence-corrected chi connectivity index (χ3v) is 2.75. The van der Waals surface area contributed by atoms with Crippen LogP contribution in [0.25, 0.3) is 0 Å². The number of carbonyl (C=O) groups is 2. The van der Waals surface area contributed by atoms with Gasteiger partial charge in [-0.15, -0.1) is 0 Å². The third kappa shape index (κ3) is 9.21. The van der Waals surface area contributed by atoms with Crippen molar-refractivity contribution in [1.82, 2.24) is 0 Å². The van der Waals surface area contributed by atoms with Crippen molar-refractivity contribution < 1.29 is 34.9 Å². The maximum absolute atomic E-state index is 10.2. The van der Waals surface area contributed by atoms with Crippen LogP contribution in [-0.4, -0.2) is 61.6 Å². The largest absolute Gasteiger partial charge is 0.479 e. The van der Waals surface area contributed by atoms with Crippen molar-refractivity contribution in [2.75, 3.05) is 0 Å². The molecule has 0 aromatic carbocycles. The molecule has 0 fully saturated rings. The Balaban J connectivity index is 0. The van der Waals surface area contributed by atoms with E-state index in [0.29, 0.717) is 12.8 Å². The molecule has 0 amide bonds. The van der Waals surface area contributed by atoms with Crippen LogP contribution in [0.2, 0.25) is 0 Å². The van der Waals surface area contributed by atoms with E-state index in [0.717, 1.165) is 6.42 Å². The van der Waals surface area contributed by atoms with Crippen molar-refractivity contribution >= 4 is 11.9 Å². The Morgan fingerprint density at radius 2 is 1.45 bits per heavy atom. The number of hydrogen-bond acceptors (Lipinski definition) is 7. The lowest BCUT2D eigenvalue weighted by molar-refractivity contribution is -0.532. The molecule has 0 saturated carbocycles. The summed E-state index contributed by atoms with van der Waals surface area (Å²) in [5, 5.41) is 44.4. The maximum atomic E-state index is 10.2. The molecule has 130 valence electrons. The van der Waals surface area contributed by atoms with Gasteiger partial charge in [-0.1, -0.05) is 20.3 Å². The van der Waals surface area contributed by atoms with Gasteiger partial charge in [-0.05, 0) is 12.8 Å². The molecular weight excluding hydrogens is 300 g/mol. The van der Waals surface area contributed by atoms with E-state index in [1.807, 2.05) is 6.92 Å². The number of carboxylic acid groups (broad SMARTS) is 2. The summed E-state index contributed by atoms with van der Waals surface area (Å²) < 4.78 is 0. The van der Waals surface area contributed by atoms with Gasteiger partial charge >= 0.3 is 11.9 Å². The summed E-state index contributed by atoms with van der Waals surface area (Å²) in [5.74, 6) is -2.80. The first-order valence-corrected chi connectivity index (χ1v) is 6.80. The second kappa shape index (κ2) is 11.8. The Labute approximate surface area is 127 Å². The van der Waals surface area contributed by atoms with Crippen molar-refractivity contribution in [3.63, 3.8) is 0 Å². The van der Waals surface area contributed by atoms with E-state index in [2.05, 4.69) is 0 Å². The number of aliphatic hydroxyl groups excluding tert-OH is 2. The highest BCUT2D eigenvalue weighted by Gasteiger charge is 2.34. The lowest BCUT2D eigenvalue weighted by Gasteiger charge is -2.12. The highest BCUT2D eigenvalue weighted by molar-refractivity contribution is 5.73. The topological polar surface area (TPSA) is 184 Å². The van der Waals surface area contributed by atoms with Crippen LogP contribution in [0.15, 0.2) is 0 Å². The molecule has 0 rings (SSSR count). The summed E-state index contributed by atoms with van der Waals surface area (Å²) in [6, 6.07) is -2.03. The molecule has 0 bridgehead atoms. The average molecular weight is 324 g/mol. The maximum Gasteiger partial charge on any atom is 0.339 e. The van der Waals surface area contributed by atoms with Crippen LogP contribution in [0.4, 0.5) is 0 Å². The van der Waals surface area contributed by atoms with Gasteiger partial charge in [0.25, 0.3) is 0 Å². The minimum absolute atomic E-state index is 0.0699. The molecule has 6 N–H and O–H groups in total. The van der Waals surface area contributed by atoms with E-state index in [1.54, 1.807) is 6.92 Å². The van der Waals surface area contributed by atoms with Crippen molar-refractivity contribution in [2.45, 2.75) is 63.8 Å². The summed E-state index contributed by atoms with van der Waals surface area (Å²) >= 11 is 0. The second-order valence-corrected chi connectivity index (χ2v) is 4.66. The van der Waals surface area contributed by atoms with Gasteiger partial charge in [0, 0.05) is 17.4 Å². The number of aliphatic carboxylic acids is 2. The van der Waals surface area contributed by atoms with Gasteiger partial charge < -0.3 is 26.2 Å². The first kappa shape index (κ1) is 22.5. The number of hydrogen-bond donors (Lipinski definition) is 5. The SMILES string of the molecule is CCCC(C(O)C(=O)O)[N+](=O)[O-].CCCC(N)C(O)C(=O)O. The molecule has 4 unspecified atom stereocenters.